The summed E-state index contributed by atoms with van der Waals surface area (Å²) >= 11 is 3.39. The predicted octanol–water partition coefficient (Wildman–Crippen LogP) is 2.44. The van der Waals surface area contributed by atoms with Crippen molar-refractivity contribution in [3.05, 3.63) is 34.3 Å². The van der Waals surface area contributed by atoms with E-state index in [9.17, 15) is 4.79 Å². The summed E-state index contributed by atoms with van der Waals surface area (Å²) in [7, 11) is 0. The summed E-state index contributed by atoms with van der Waals surface area (Å²) in [6.07, 6.45) is 1.30. The van der Waals surface area contributed by atoms with Crippen molar-refractivity contribution in [2.45, 2.75) is 18.9 Å². The van der Waals surface area contributed by atoms with Gasteiger partial charge in [0.1, 0.15) is 5.78 Å². The smallest absolute Gasteiger partial charge is 0.136 e. The van der Waals surface area contributed by atoms with Crippen LogP contribution >= 0.6 is 15.9 Å². The quantitative estimate of drug-likeness (QED) is 0.834. The Hall–Kier alpha value is -0.670. The van der Waals surface area contributed by atoms with Crippen LogP contribution in [0.2, 0.25) is 0 Å². The van der Waals surface area contributed by atoms with E-state index in [2.05, 4.69) is 33.4 Å². The second kappa shape index (κ2) is 4.24. The molecule has 0 amide bonds. The van der Waals surface area contributed by atoms with E-state index in [-0.39, 0.29) is 6.04 Å². The highest BCUT2D eigenvalue weighted by Crippen LogP contribution is 2.22. The third-order valence-electron chi connectivity index (χ3n) is 2.50. The lowest BCUT2D eigenvalue weighted by molar-refractivity contribution is -0.120. The average molecular weight is 254 g/mol. The van der Waals surface area contributed by atoms with Gasteiger partial charge in [-0.1, -0.05) is 28.1 Å². The van der Waals surface area contributed by atoms with E-state index >= 15 is 0 Å². The topological polar surface area (TPSA) is 29.1 Å². The van der Waals surface area contributed by atoms with Crippen molar-refractivity contribution in [3.8, 4) is 0 Å². The molecule has 1 atom stereocenters. The highest BCUT2D eigenvalue weighted by molar-refractivity contribution is 9.10. The Morgan fingerprint density at radius 3 is 2.64 bits per heavy atom. The van der Waals surface area contributed by atoms with Crippen LogP contribution in [0.25, 0.3) is 0 Å². The largest absolute Gasteiger partial charge is 0.309 e. The molecule has 2 rings (SSSR count). The number of rotatable bonds is 1. The lowest BCUT2D eigenvalue weighted by Gasteiger charge is -2.22. The van der Waals surface area contributed by atoms with Crippen LogP contribution < -0.4 is 5.32 Å². The fourth-order valence-corrected chi connectivity index (χ4v) is 1.98. The molecule has 1 N–H and O–H groups in total. The summed E-state index contributed by atoms with van der Waals surface area (Å²) in [4.78, 5) is 11.3. The van der Waals surface area contributed by atoms with Gasteiger partial charge in [-0.3, -0.25) is 4.79 Å². The molecular formula is C11H12BrNO. The maximum absolute atomic E-state index is 11.3. The van der Waals surface area contributed by atoms with E-state index in [1.807, 2.05) is 12.1 Å². The van der Waals surface area contributed by atoms with Gasteiger partial charge in [0, 0.05) is 29.9 Å². The molecule has 0 radical (unpaired) electrons. The van der Waals surface area contributed by atoms with Gasteiger partial charge in [-0.05, 0) is 17.7 Å². The molecule has 1 heterocycles. The van der Waals surface area contributed by atoms with Crippen molar-refractivity contribution in [1.29, 1.82) is 0 Å². The number of hydrogen-bond acceptors (Lipinski definition) is 2. The average Bonchev–Trinajstić information content (AvgIpc) is 2.19. The lowest BCUT2D eigenvalue weighted by Crippen LogP contribution is -2.31. The van der Waals surface area contributed by atoms with Gasteiger partial charge in [0.15, 0.2) is 0 Å². The van der Waals surface area contributed by atoms with Gasteiger partial charge < -0.3 is 5.32 Å². The van der Waals surface area contributed by atoms with Gasteiger partial charge >= 0.3 is 0 Å². The van der Waals surface area contributed by atoms with Crippen LogP contribution in [0.4, 0.5) is 0 Å². The molecule has 0 aromatic heterocycles. The number of hydrogen-bond donors (Lipinski definition) is 1. The van der Waals surface area contributed by atoms with Crippen LogP contribution in [0.3, 0.4) is 0 Å². The minimum Gasteiger partial charge on any atom is -0.309 e. The molecule has 1 saturated heterocycles. The van der Waals surface area contributed by atoms with E-state index in [1.54, 1.807) is 0 Å². The predicted molar refractivity (Wildman–Crippen MR) is 59.1 cm³/mol. The molecule has 0 spiro atoms. The number of piperidine rings is 1. The molecule has 0 aliphatic carbocycles. The number of ketones is 1. The number of benzene rings is 1. The molecule has 1 aromatic carbocycles. The fraction of sp³-hybridized carbons (Fsp3) is 0.364. The molecular weight excluding hydrogens is 242 g/mol. The standard InChI is InChI=1S/C11H12BrNO/c12-9-3-1-8(2-4-9)11-7-10(14)5-6-13-11/h1-4,11,13H,5-7H2. The highest BCUT2D eigenvalue weighted by atomic mass is 79.9. The highest BCUT2D eigenvalue weighted by Gasteiger charge is 2.19. The third-order valence-corrected chi connectivity index (χ3v) is 3.03. The summed E-state index contributed by atoms with van der Waals surface area (Å²) in [5.41, 5.74) is 1.20. The first-order valence-electron chi connectivity index (χ1n) is 4.76. The van der Waals surface area contributed by atoms with Crippen LogP contribution in [0.1, 0.15) is 24.4 Å². The molecule has 1 aliphatic heterocycles. The zero-order valence-electron chi connectivity index (χ0n) is 7.79. The van der Waals surface area contributed by atoms with Crippen LogP contribution in [0.15, 0.2) is 28.7 Å². The first-order chi connectivity index (χ1) is 6.75. The summed E-state index contributed by atoms with van der Waals surface area (Å²) in [6, 6.07) is 8.34. The molecule has 2 nitrogen and oxygen atoms in total. The summed E-state index contributed by atoms with van der Waals surface area (Å²) in [5.74, 6) is 0.358. The van der Waals surface area contributed by atoms with Gasteiger partial charge in [0.05, 0.1) is 0 Å². The van der Waals surface area contributed by atoms with Crippen LogP contribution in [0, 0.1) is 0 Å². The van der Waals surface area contributed by atoms with Crippen LogP contribution in [-0.4, -0.2) is 12.3 Å². The third kappa shape index (κ3) is 2.22. The van der Waals surface area contributed by atoms with Crippen molar-refractivity contribution in [1.82, 2.24) is 5.32 Å². The van der Waals surface area contributed by atoms with Gasteiger partial charge in [-0.15, -0.1) is 0 Å². The van der Waals surface area contributed by atoms with Crippen molar-refractivity contribution < 1.29 is 4.79 Å². The minimum atomic E-state index is 0.212. The molecule has 1 fully saturated rings. The Labute approximate surface area is 91.8 Å². The van der Waals surface area contributed by atoms with E-state index in [4.69, 9.17) is 0 Å². The Kier molecular flexibility index (Phi) is 2.99. The number of nitrogens with one attached hydrogen (secondary N) is 1. The van der Waals surface area contributed by atoms with Gasteiger partial charge in [-0.2, -0.15) is 0 Å². The molecule has 3 heteroatoms. The maximum Gasteiger partial charge on any atom is 0.136 e. The van der Waals surface area contributed by atoms with Crippen molar-refractivity contribution >= 4 is 21.7 Å². The molecule has 0 bridgehead atoms. The Morgan fingerprint density at radius 2 is 2.00 bits per heavy atom. The molecule has 1 unspecified atom stereocenters. The second-order valence-corrected chi connectivity index (χ2v) is 4.47. The summed E-state index contributed by atoms with van der Waals surface area (Å²) < 4.78 is 1.07. The van der Waals surface area contributed by atoms with E-state index in [1.165, 1.54) is 5.56 Å². The maximum atomic E-state index is 11.3. The van der Waals surface area contributed by atoms with Crippen molar-refractivity contribution in [2.24, 2.45) is 0 Å². The number of carbonyl (C=O) groups is 1. The number of halogens is 1. The first-order valence-corrected chi connectivity index (χ1v) is 5.55. The minimum absolute atomic E-state index is 0.212. The van der Waals surface area contributed by atoms with Gasteiger partial charge in [0.25, 0.3) is 0 Å². The van der Waals surface area contributed by atoms with Crippen LogP contribution in [-0.2, 0) is 4.79 Å². The van der Waals surface area contributed by atoms with Crippen LogP contribution in [0.5, 0.6) is 0 Å². The molecule has 74 valence electrons. The van der Waals surface area contributed by atoms with Gasteiger partial charge in [-0.25, -0.2) is 0 Å². The number of Topliss-reactive ketones (excluding diaryl/α,β-unsaturated/α-hetero) is 1. The monoisotopic (exact) mass is 253 g/mol. The summed E-state index contributed by atoms with van der Waals surface area (Å²) in [6.45, 7) is 0.805. The van der Waals surface area contributed by atoms with Crippen molar-refractivity contribution in [3.63, 3.8) is 0 Å². The fourth-order valence-electron chi connectivity index (χ4n) is 1.72. The lowest BCUT2D eigenvalue weighted by atomic mass is 9.97. The Balaban J connectivity index is 2.14. The normalized spacial score (nSPS) is 22.4. The SMILES string of the molecule is O=C1CCNC(c2ccc(Br)cc2)C1. The zero-order valence-corrected chi connectivity index (χ0v) is 9.38. The Bertz CT molecular complexity index is 334. The molecule has 1 aromatic rings. The summed E-state index contributed by atoms with van der Waals surface area (Å²) in [5, 5.41) is 3.35. The zero-order chi connectivity index (χ0) is 9.97. The molecule has 1 aliphatic rings. The first kappa shape index (κ1) is 9.87. The van der Waals surface area contributed by atoms with Gasteiger partial charge in [0.2, 0.25) is 0 Å². The van der Waals surface area contributed by atoms with E-state index < -0.39 is 0 Å². The Morgan fingerprint density at radius 1 is 1.29 bits per heavy atom. The number of carbonyl (C=O) groups excluding carboxylic acids is 1. The molecule has 14 heavy (non-hydrogen) atoms. The molecule has 0 saturated carbocycles. The van der Waals surface area contributed by atoms with E-state index in [0.29, 0.717) is 18.6 Å². The second-order valence-electron chi connectivity index (χ2n) is 3.55. The van der Waals surface area contributed by atoms with E-state index in [0.717, 1.165) is 11.0 Å². The van der Waals surface area contributed by atoms with Crippen molar-refractivity contribution in [2.75, 3.05) is 6.54 Å².